The Bertz CT molecular complexity index is 1430. The van der Waals surface area contributed by atoms with Gasteiger partial charge in [-0.2, -0.15) is 10.5 Å². The van der Waals surface area contributed by atoms with E-state index in [0.29, 0.717) is 38.1 Å². The lowest BCUT2D eigenvalue weighted by molar-refractivity contribution is -0.144. The molecule has 1 saturated heterocycles. The number of rotatable bonds is 11. The summed E-state index contributed by atoms with van der Waals surface area (Å²) in [5.74, 6) is -0.0599. The highest BCUT2D eigenvalue weighted by Gasteiger charge is 2.29. The molecule has 0 saturated carbocycles. The van der Waals surface area contributed by atoms with Crippen molar-refractivity contribution in [3.05, 3.63) is 88.5 Å². The van der Waals surface area contributed by atoms with Gasteiger partial charge in [0, 0.05) is 24.1 Å². The first-order valence-electron chi connectivity index (χ1n) is 13.9. The zero-order valence-electron chi connectivity index (χ0n) is 23.0. The van der Waals surface area contributed by atoms with Crippen LogP contribution in [0.4, 0.5) is 0 Å². The zero-order chi connectivity index (χ0) is 28.3. The summed E-state index contributed by atoms with van der Waals surface area (Å²) in [6.45, 7) is 3.70. The van der Waals surface area contributed by atoms with E-state index in [0.717, 1.165) is 64.8 Å². The van der Waals surface area contributed by atoms with Crippen LogP contribution in [-0.4, -0.2) is 35.2 Å². The second-order valence-corrected chi connectivity index (χ2v) is 10.1. The predicted molar refractivity (Wildman–Crippen MR) is 157 cm³/mol. The first-order valence-corrected chi connectivity index (χ1v) is 13.9. The molecule has 6 heteroatoms. The number of aryl methyl sites for hydroxylation is 1. The van der Waals surface area contributed by atoms with Gasteiger partial charge < -0.3 is 9.84 Å². The summed E-state index contributed by atoms with van der Waals surface area (Å²) in [4.78, 5) is 14.1. The fourth-order valence-electron chi connectivity index (χ4n) is 5.31. The van der Waals surface area contributed by atoms with Crippen LogP contribution in [0, 0.1) is 29.6 Å². The number of aliphatic carboxylic acids is 1. The molecule has 204 valence electrons. The number of piperidine rings is 1. The summed E-state index contributed by atoms with van der Waals surface area (Å²) in [5, 5.41) is 28.8. The number of carboxylic acid groups (broad SMARTS) is 1. The minimum atomic E-state index is -0.792. The summed E-state index contributed by atoms with van der Waals surface area (Å²) >= 11 is 0. The van der Waals surface area contributed by atoms with Gasteiger partial charge in [-0.3, -0.25) is 9.69 Å². The number of unbranched alkanes of at least 4 members (excludes halogenated alkanes) is 2. The van der Waals surface area contributed by atoms with Gasteiger partial charge in [-0.1, -0.05) is 73.2 Å². The van der Waals surface area contributed by atoms with E-state index >= 15 is 0 Å². The zero-order valence-corrected chi connectivity index (χ0v) is 23.0. The van der Waals surface area contributed by atoms with Gasteiger partial charge in [0.05, 0.1) is 18.2 Å². The van der Waals surface area contributed by atoms with Crippen LogP contribution < -0.4 is 4.74 Å². The first kappa shape index (κ1) is 28.6. The van der Waals surface area contributed by atoms with Crippen molar-refractivity contribution in [2.75, 3.05) is 13.2 Å². The molecular formula is C34H35N3O3. The molecule has 1 N–H and O–H groups in total. The number of benzene rings is 3. The van der Waals surface area contributed by atoms with Crippen molar-refractivity contribution in [3.63, 3.8) is 0 Å². The molecular weight excluding hydrogens is 498 g/mol. The molecule has 0 bridgehead atoms. The molecule has 0 aliphatic carbocycles. The average Bonchev–Trinajstić information content (AvgIpc) is 2.98. The maximum absolute atomic E-state index is 12.1. The van der Waals surface area contributed by atoms with Gasteiger partial charge in [-0.15, -0.1) is 0 Å². The van der Waals surface area contributed by atoms with Gasteiger partial charge in [0.15, 0.2) is 0 Å². The highest BCUT2D eigenvalue weighted by molar-refractivity contribution is 5.81. The molecule has 0 radical (unpaired) electrons. The Kier molecular flexibility index (Phi) is 10.1. The van der Waals surface area contributed by atoms with Gasteiger partial charge in [0.1, 0.15) is 17.9 Å². The molecule has 0 amide bonds. The fraction of sp³-hybridized carbons (Fsp3) is 0.324. The van der Waals surface area contributed by atoms with E-state index in [1.54, 1.807) is 0 Å². The molecule has 3 aromatic rings. The SMILES string of the molecule is Cc1ccc(OCCCCC#N)c(CN2CCCCC2C(=O)O)c1/C=C/c1cccc(-c2ccccc2)c1C#N. The molecule has 1 aliphatic heterocycles. The van der Waals surface area contributed by atoms with Crippen molar-refractivity contribution in [1.82, 2.24) is 4.90 Å². The second kappa shape index (κ2) is 14.1. The highest BCUT2D eigenvalue weighted by Crippen LogP contribution is 2.32. The second-order valence-electron chi connectivity index (χ2n) is 10.1. The standard InChI is InChI=1S/C34H35N3O3/c1-25-16-19-33(40-22-9-3-7-20-35)31(24-37-21-8-6-15-32(37)34(38)39)28(25)18-17-27-13-10-14-29(30(27)23-36)26-11-4-2-5-12-26/h2,4-5,10-14,16-19,32H,3,6-9,15,21-22,24H2,1H3,(H,38,39)/b18-17+. The Morgan fingerprint density at radius 2 is 1.88 bits per heavy atom. The average molecular weight is 534 g/mol. The quantitative estimate of drug-likeness (QED) is 0.206. The molecule has 0 spiro atoms. The molecule has 0 aromatic heterocycles. The molecule has 6 nitrogen and oxygen atoms in total. The number of hydrogen-bond donors (Lipinski definition) is 1. The van der Waals surface area contributed by atoms with E-state index in [2.05, 4.69) is 12.1 Å². The van der Waals surface area contributed by atoms with E-state index < -0.39 is 12.0 Å². The number of nitrogens with zero attached hydrogens (tertiary/aromatic N) is 3. The van der Waals surface area contributed by atoms with Crippen LogP contribution in [-0.2, 0) is 11.3 Å². The molecule has 4 rings (SSSR count). The third-order valence-corrected chi connectivity index (χ3v) is 7.46. The largest absolute Gasteiger partial charge is 0.493 e. The van der Waals surface area contributed by atoms with Gasteiger partial charge in [0.2, 0.25) is 0 Å². The van der Waals surface area contributed by atoms with Crippen LogP contribution in [0.3, 0.4) is 0 Å². The number of likely N-dealkylation sites (tertiary alicyclic amines) is 1. The van der Waals surface area contributed by atoms with Crippen LogP contribution in [0.1, 0.15) is 66.3 Å². The lowest BCUT2D eigenvalue weighted by Crippen LogP contribution is -2.44. The van der Waals surface area contributed by atoms with Gasteiger partial charge in [-0.25, -0.2) is 0 Å². The van der Waals surface area contributed by atoms with Crippen LogP contribution in [0.5, 0.6) is 5.75 Å². The van der Waals surface area contributed by atoms with Crippen molar-refractivity contribution in [1.29, 1.82) is 10.5 Å². The molecule has 1 atom stereocenters. The lowest BCUT2D eigenvalue weighted by atomic mass is 9.94. The third kappa shape index (κ3) is 6.97. The Hall–Kier alpha value is -4.39. The van der Waals surface area contributed by atoms with Gasteiger partial charge >= 0.3 is 5.97 Å². The Morgan fingerprint density at radius 1 is 1.05 bits per heavy atom. The Labute approximate surface area is 236 Å². The Balaban J connectivity index is 1.72. The third-order valence-electron chi connectivity index (χ3n) is 7.46. The number of nitriles is 2. The van der Waals surface area contributed by atoms with Crippen molar-refractivity contribution >= 4 is 18.1 Å². The van der Waals surface area contributed by atoms with E-state index in [1.807, 2.05) is 84.6 Å². The Morgan fingerprint density at radius 3 is 2.62 bits per heavy atom. The minimum Gasteiger partial charge on any atom is -0.493 e. The number of carbonyl (C=O) groups is 1. The smallest absolute Gasteiger partial charge is 0.320 e. The van der Waals surface area contributed by atoms with Crippen LogP contribution in [0.2, 0.25) is 0 Å². The summed E-state index contributed by atoms with van der Waals surface area (Å²) in [5.41, 5.74) is 6.26. The van der Waals surface area contributed by atoms with Gasteiger partial charge in [0.25, 0.3) is 0 Å². The summed E-state index contributed by atoms with van der Waals surface area (Å²) in [7, 11) is 0. The summed E-state index contributed by atoms with van der Waals surface area (Å²) in [6, 6.07) is 23.8. The monoisotopic (exact) mass is 533 g/mol. The maximum atomic E-state index is 12.1. The van der Waals surface area contributed by atoms with Crippen LogP contribution in [0.15, 0.2) is 60.7 Å². The van der Waals surface area contributed by atoms with E-state index in [9.17, 15) is 15.2 Å². The van der Waals surface area contributed by atoms with Crippen LogP contribution in [0.25, 0.3) is 23.3 Å². The van der Waals surface area contributed by atoms with Crippen molar-refractivity contribution in [3.8, 4) is 29.0 Å². The highest BCUT2D eigenvalue weighted by atomic mass is 16.5. The molecule has 1 unspecified atom stereocenters. The minimum absolute atomic E-state index is 0.459. The molecule has 1 heterocycles. The summed E-state index contributed by atoms with van der Waals surface area (Å²) < 4.78 is 6.22. The van der Waals surface area contributed by atoms with E-state index in [-0.39, 0.29) is 0 Å². The van der Waals surface area contributed by atoms with E-state index in [4.69, 9.17) is 10.00 Å². The molecule has 1 aliphatic rings. The number of ether oxygens (including phenoxy) is 1. The van der Waals surface area contributed by atoms with Gasteiger partial charge in [-0.05, 0) is 67.5 Å². The fourth-order valence-corrected chi connectivity index (χ4v) is 5.31. The van der Waals surface area contributed by atoms with Crippen LogP contribution >= 0.6 is 0 Å². The van der Waals surface area contributed by atoms with Crippen molar-refractivity contribution in [2.24, 2.45) is 0 Å². The lowest BCUT2D eigenvalue weighted by Gasteiger charge is -2.34. The number of hydrogen-bond acceptors (Lipinski definition) is 5. The van der Waals surface area contributed by atoms with E-state index in [1.165, 1.54) is 0 Å². The molecule has 3 aromatic carbocycles. The van der Waals surface area contributed by atoms with Crippen molar-refractivity contribution < 1.29 is 14.6 Å². The summed E-state index contributed by atoms with van der Waals surface area (Å²) in [6.07, 6.45) is 8.53. The molecule has 1 fully saturated rings. The molecule has 40 heavy (non-hydrogen) atoms. The normalized spacial score (nSPS) is 15.4. The number of carboxylic acids is 1. The van der Waals surface area contributed by atoms with Crippen molar-refractivity contribution in [2.45, 2.75) is 58.0 Å². The maximum Gasteiger partial charge on any atom is 0.320 e. The predicted octanol–water partition coefficient (Wildman–Crippen LogP) is 7.22. The topological polar surface area (TPSA) is 97.3 Å². The first-order chi connectivity index (χ1) is 19.5.